The van der Waals surface area contributed by atoms with Crippen LogP contribution < -0.4 is 4.74 Å². The molecule has 1 heterocycles. The van der Waals surface area contributed by atoms with Crippen LogP contribution in [0.5, 0.6) is 5.75 Å². The minimum Gasteiger partial charge on any atom is -0.496 e. The molecule has 0 saturated heterocycles. The first-order chi connectivity index (χ1) is 7.31. The van der Waals surface area contributed by atoms with Gasteiger partial charge in [0, 0.05) is 18.0 Å². The van der Waals surface area contributed by atoms with Gasteiger partial charge in [-0.15, -0.1) is 0 Å². The van der Waals surface area contributed by atoms with Crippen molar-refractivity contribution in [2.75, 3.05) is 7.11 Å². The molecule has 0 radical (unpaired) electrons. The molecule has 1 aromatic carbocycles. The number of hydrogen-bond donors (Lipinski definition) is 0. The van der Waals surface area contributed by atoms with E-state index in [9.17, 15) is 0 Å². The monoisotopic (exact) mass is 263 g/mol. The number of methoxy groups -OCH3 is 1. The average Bonchev–Trinajstić information content (AvgIpc) is 2.31. The van der Waals surface area contributed by atoms with Crippen molar-refractivity contribution in [1.82, 2.24) is 4.98 Å². The molecule has 1 aromatic heterocycles. The van der Waals surface area contributed by atoms with E-state index in [2.05, 4.69) is 20.9 Å². The van der Waals surface area contributed by atoms with Crippen molar-refractivity contribution in [1.29, 1.82) is 0 Å². The first kappa shape index (κ1) is 10.2. The second kappa shape index (κ2) is 4.45. The van der Waals surface area contributed by atoms with Crippen molar-refractivity contribution in [2.45, 2.75) is 0 Å². The fourth-order valence-corrected chi connectivity index (χ4v) is 1.78. The van der Waals surface area contributed by atoms with Crippen LogP contribution >= 0.6 is 15.9 Å². The number of benzene rings is 1. The minimum atomic E-state index is 0.830. The lowest BCUT2D eigenvalue weighted by molar-refractivity contribution is 0.412. The normalized spacial score (nSPS) is 10.0. The molecule has 76 valence electrons. The first-order valence-electron chi connectivity index (χ1n) is 4.55. The summed E-state index contributed by atoms with van der Waals surface area (Å²) >= 11 is 3.42. The van der Waals surface area contributed by atoms with Crippen molar-refractivity contribution in [2.24, 2.45) is 0 Å². The molecule has 15 heavy (non-hydrogen) atoms. The third-order valence-electron chi connectivity index (χ3n) is 2.15. The van der Waals surface area contributed by atoms with Crippen molar-refractivity contribution in [3.63, 3.8) is 0 Å². The lowest BCUT2D eigenvalue weighted by Gasteiger charge is -2.06. The van der Waals surface area contributed by atoms with Gasteiger partial charge in [0.15, 0.2) is 0 Å². The molecule has 0 aliphatic rings. The molecule has 0 atom stereocenters. The van der Waals surface area contributed by atoms with Crippen LogP contribution in [0.15, 0.2) is 47.2 Å². The highest BCUT2D eigenvalue weighted by molar-refractivity contribution is 9.10. The summed E-state index contributed by atoms with van der Waals surface area (Å²) in [5.41, 5.74) is 2.19. The zero-order chi connectivity index (χ0) is 10.7. The van der Waals surface area contributed by atoms with Gasteiger partial charge in [0.2, 0.25) is 0 Å². The van der Waals surface area contributed by atoms with Gasteiger partial charge in [-0.05, 0) is 39.7 Å². The van der Waals surface area contributed by atoms with E-state index in [4.69, 9.17) is 4.74 Å². The summed E-state index contributed by atoms with van der Waals surface area (Å²) in [4.78, 5) is 4.09. The number of pyridine rings is 1. The van der Waals surface area contributed by atoms with E-state index in [0.717, 1.165) is 21.3 Å². The number of nitrogens with zero attached hydrogens (tertiary/aromatic N) is 1. The zero-order valence-corrected chi connectivity index (χ0v) is 9.86. The summed E-state index contributed by atoms with van der Waals surface area (Å²) in [6.45, 7) is 0. The van der Waals surface area contributed by atoms with Crippen molar-refractivity contribution >= 4 is 15.9 Å². The van der Waals surface area contributed by atoms with E-state index in [1.165, 1.54) is 0 Å². The van der Waals surface area contributed by atoms with E-state index in [1.807, 2.05) is 36.5 Å². The quantitative estimate of drug-likeness (QED) is 0.827. The van der Waals surface area contributed by atoms with Gasteiger partial charge < -0.3 is 4.74 Å². The van der Waals surface area contributed by atoms with Gasteiger partial charge >= 0.3 is 0 Å². The van der Waals surface area contributed by atoms with Crippen LogP contribution in [0.25, 0.3) is 11.1 Å². The van der Waals surface area contributed by atoms with E-state index in [1.54, 1.807) is 13.3 Å². The Hall–Kier alpha value is -1.35. The Balaban J connectivity index is 2.46. The maximum atomic E-state index is 5.24. The van der Waals surface area contributed by atoms with Crippen molar-refractivity contribution in [3.8, 4) is 16.9 Å². The van der Waals surface area contributed by atoms with Crippen molar-refractivity contribution < 1.29 is 4.74 Å². The molecular weight excluding hydrogens is 254 g/mol. The zero-order valence-electron chi connectivity index (χ0n) is 8.27. The smallest absolute Gasteiger partial charge is 0.133 e. The predicted octanol–water partition coefficient (Wildman–Crippen LogP) is 3.52. The van der Waals surface area contributed by atoms with Gasteiger partial charge in [-0.2, -0.15) is 0 Å². The Morgan fingerprint density at radius 1 is 1.20 bits per heavy atom. The number of ether oxygens (including phenoxy) is 1. The van der Waals surface area contributed by atoms with Crippen LogP contribution in [0.1, 0.15) is 0 Å². The highest BCUT2D eigenvalue weighted by Crippen LogP contribution is 2.30. The molecule has 0 spiro atoms. The molecule has 0 unspecified atom stereocenters. The van der Waals surface area contributed by atoms with Gasteiger partial charge in [0.1, 0.15) is 5.75 Å². The molecule has 0 fully saturated rings. The van der Waals surface area contributed by atoms with Gasteiger partial charge in [-0.25, -0.2) is 0 Å². The SMILES string of the molecule is COc1cc(-c2cccnc2)ccc1Br. The fraction of sp³-hybridized carbons (Fsp3) is 0.0833. The third kappa shape index (κ3) is 2.18. The largest absolute Gasteiger partial charge is 0.496 e. The molecule has 2 nitrogen and oxygen atoms in total. The van der Waals surface area contributed by atoms with Gasteiger partial charge in [0.05, 0.1) is 11.6 Å². The Bertz CT molecular complexity index is 456. The summed E-state index contributed by atoms with van der Waals surface area (Å²) in [5, 5.41) is 0. The molecule has 2 rings (SSSR count). The fourth-order valence-electron chi connectivity index (χ4n) is 1.37. The third-order valence-corrected chi connectivity index (χ3v) is 2.80. The van der Waals surface area contributed by atoms with E-state index < -0.39 is 0 Å². The Morgan fingerprint density at radius 3 is 2.73 bits per heavy atom. The lowest BCUT2D eigenvalue weighted by atomic mass is 10.1. The van der Waals surface area contributed by atoms with Crippen molar-refractivity contribution in [3.05, 3.63) is 47.2 Å². The van der Waals surface area contributed by atoms with Crippen LogP contribution in [0.3, 0.4) is 0 Å². The Labute approximate surface area is 97.1 Å². The van der Waals surface area contributed by atoms with Crippen LogP contribution in [-0.4, -0.2) is 12.1 Å². The highest BCUT2D eigenvalue weighted by Gasteiger charge is 2.03. The van der Waals surface area contributed by atoms with E-state index >= 15 is 0 Å². The summed E-state index contributed by atoms with van der Waals surface area (Å²) < 4.78 is 6.20. The summed E-state index contributed by atoms with van der Waals surface area (Å²) in [6, 6.07) is 9.94. The Morgan fingerprint density at radius 2 is 2.07 bits per heavy atom. The van der Waals surface area contributed by atoms with Crippen LogP contribution in [0, 0.1) is 0 Å². The molecule has 0 bridgehead atoms. The number of hydrogen-bond acceptors (Lipinski definition) is 2. The lowest BCUT2D eigenvalue weighted by Crippen LogP contribution is -1.86. The van der Waals surface area contributed by atoms with E-state index in [-0.39, 0.29) is 0 Å². The maximum absolute atomic E-state index is 5.24. The Kier molecular flexibility index (Phi) is 3.02. The maximum Gasteiger partial charge on any atom is 0.133 e. The molecule has 3 heteroatoms. The first-order valence-corrected chi connectivity index (χ1v) is 5.34. The van der Waals surface area contributed by atoms with Gasteiger partial charge in [0.25, 0.3) is 0 Å². The van der Waals surface area contributed by atoms with Crippen LogP contribution in [0.4, 0.5) is 0 Å². The molecule has 0 amide bonds. The minimum absolute atomic E-state index is 0.830. The summed E-state index contributed by atoms with van der Waals surface area (Å²) in [5.74, 6) is 0.830. The number of rotatable bonds is 2. The van der Waals surface area contributed by atoms with Crippen LogP contribution in [-0.2, 0) is 0 Å². The van der Waals surface area contributed by atoms with Gasteiger partial charge in [-0.1, -0.05) is 12.1 Å². The standard InChI is InChI=1S/C12H10BrNO/c1-15-12-7-9(4-5-11(12)13)10-3-2-6-14-8-10/h2-8H,1H3. The second-order valence-corrected chi connectivity index (χ2v) is 3.95. The van der Waals surface area contributed by atoms with E-state index in [0.29, 0.717) is 0 Å². The summed E-state index contributed by atoms with van der Waals surface area (Å²) in [6.07, 6.45) is 3.60. The summed E-state index contributed by atoms with van der Waals surface area (Å²) in [7, 11) is 1.66. The molecule has 0 saturated carbocycles. The predicted molar refractivity (Wildman–Crippen MR) is 63.9 cm³/mol. The number of halogens is 1. The molecule has 0 aliphatic heterocycles. The molecule has 0 aliphatic carbocycles. The van der Waals surface area contributed by atoms with Gasteiger partial charge in [-0.3, -0.25) is 4.98 Å². The molecule has 0 N–H and O–H groups in total. The molecular formula is C12H10BrNO. The number of aromatic nitrogens is 1. The molecule has 2 aromatic rings. The average molecular weight is 264 g/mol. The second-order valence-electron chi connectivity index (χ2n) is 3.09. The topological polar surface area (TPSA) is 22.1 Å². The van der Waals surface area contributed by atoms with Crippen LogP contribution in [0.2, 0.25) is 0 Å². The highest BCUT2D eigenvalue weighted by atomic mass is 79.9.